The van der Waals surface area contributed by atoms with Crippen molar-refractivity contribution in [2.75, 3.05) is 21.7 Å². The van der Waals surface area contributed by atoms with Gasteiger partial charge in [-0.15, -0.1) is 0 Å². The molecule has 0 bridgehead atoms. The van der Waals surface area contributed by atoms with Crippen molar-refractivity contribution in [3.8, 4) is 0 Å². The van der Waals surface area contributed by atoms with E-state index < -0.39 is 0 Å². The van der Waals surface area contributed by atoms with Crippen molar-refractivity contribution < 1.29 is 0 Å². The number of benzene rings is 4. The molecule has 0 atom stereocenters. The van der Waals surface area contributed by atoms with Gasteiger partial charge in [-0.05, 0) is 91.7 Å². The average molecular weight is 760 g/mol. The summed E-state index contributed by atoms with van der Waals surface area (Å²) in [5.41, 5.74) is 13.1. The van der Waals surface area contributed by atoms with Crippen LogP contribution in [0.2, 0.25) is 15.2 Å². The van der Waals surface area contributed by atoms with E-state index in [1.165, 1.54) is 0 Å². The molecule has 0 aliphatic rings. The van der Waals surface area contributed by atoms with E-state index in [0.717, 1.165) is 55.7 Å². The number of rotatable bonds is 6. The molecule has 0 amide bonds. The molecule has 4 heterocycles. The number of nitrogens with two attached hydrogens (primary N) is 1. The van der Waals surface area contributed by atoms with Gasteiger partial charge in [-0.2, -0.15) is 0 Å². The molecule has 0 saturated carbocycles. The Morgan fingerprint density at radius 2 is 1.02 bits per heavy atom. The van der Waals surface area contributed by atoms with Gasteiger partial charge in [-0.1, -0.05) is 71.2 Å². The van der Waals surface area contributed by atoms with Crippen LogP contribution in [0.25, 0.3) is 21.8 Å². The Kier molecular flexibility index (Phi) is 12.1. The van der Waals surface area contributed by atoms with Gasteiger partial charge in [0.1, 0.15) is 11.0 Å². The van der Waals surface area contributed by atoms with E-state index in [1.54, 1.807) is 43.0 Å². The smallest absolute Gasteiger partial charge is 0.227 e. The highest BCUT2D eigenvalue weighted by Crippen LogP contribution is 2.29. The normalized spacial score (nSPS) is 10.4. The van der Waals surface area contributed by atoms with Crippen LogP contribution in [-0.2, 0) is 0 Å². The van der Waals surface area contributed by atoms with Gasteiger partial charge < -0.3 is 21.7 Å². The largest absolute Gasteiger partial charge is 0.399 e. The Morgan fingerprint density at radius 3 is 1.58 bits per heavy atom. The Bertz CT molecular complexity index is 2470. The number of aromatic nitrogens is 6. The van der Waals surface area contributed by atoms with E-state index in [0.29, 0.717) is 32.9 Å². The second-order valence-electron chi connectivity index (χ2n) is 11.6. The first-order valence-corrected chi connectivity index (χ1v) is 17.4. The molecule has 8 rings (SSSR count). The Balaban J connectivity index is 0.000000150. The Morgan fingerprint density at radius 1 is 0.509 bits per heavy atom. The van der Waals surface area contributed by atoms with E-state index >= 15 is 0 Å². The van der Waals surface area contributed by atoms with E-state index in [2.05, 4.69) is 45.9 Å². The summed E-state index contributed by atoms with van der Waals surface area (Å²) < 4.78 is 0. The number of fused-ring (bicyclic) bond motifs is 2. The summed E-state index contributed by atoms with van der Waals surface area (Å²) in [5.74, 6) is 1.87. The maximum Gasteiger partial charge on any atom is 0.227 e. The fraction of sp³-hybridized carbons (Fsp3) is 0.0500. The molecular formula is C40H33Cl3N10. The minimum absolute atomic E-state index is 0.429. The third-order valence-corrected chi connectivity index (χ3v) is 8.49. The highest BCUT2D eigenvalue weighted by Gasteiger charge is 2.07. The topological polar surface area (TPSA) is 139 Å². The zero-order valence-electron chi connectivity index (χ0n) is 28.6. The predicted molar refractivity (Wildman–Crippen MR) is 219 cm³/mol. The SMILES string of the molecule is Cc1cc(N)ccc1Nc1ncccn1.Cc1cc(Nc2cc(Cl)c3ccccc3n2)ccc1Nc1ncccn1.Clc1cc(Cl)c2ccccc2n1. The number of nitrogen functional groups attached to an aromatic ring is 1. The minimum Gasteiger partial charge on any atom is -0.399 e. The van der Waals surface area contributed by atoms with Gasteiger partial charge in [0.05, 0.1) is 21.1 Å². The molecule has 0 unspecified atom stereocenters. The first-order chi connectivity index (χ1) is 25.7. The van der Waals surface area contributed by atoms with Crippen LogP contribution in [0.3, 0.4) is 0 Å². The Labute approximate surface area is 321 Å². The summed E-state index contributed by atoms with van der Waals surface area (Å²) >= 11 is 18.0. The maximum absolute atomic E-state index is 6.37. The third kappa shape index (κ3) is 10.0. The third-order valence-electron chi connectivity index (χ3n) is 7.67. The van der Waals surface area contributed by atoms with Crippen LogP contribution < -0.4 is 21.7 Å². The van der Waals surface area contributed by atoms with Crippen molar-refractivity contribution in [3.05, 3.63) is 160 Å². The number of para-hydroxylation sites is 2. The first-order valence-electron chi connectivity index (χ1n) is 16.3. The summed E-state index contributed by atoms with van der Waals surface area (Å²) in [6, 6.07) is 34.2. The molecule has 10 nitrogen and oxygen atoms in total. The van der Waals surface area contributed by atoms with Gasteiger partial charge in [0.25, 0.3) is 0 Å². The van der Waals surface area contributed by atoms with E-state index in [9.17, 15) is 0 Å². The molecule has 4 aromatic carbocycles. The maximum atomic E-state index is 6.37. The molecule has 0 saturated heterocycles. The van der Waals surface area contributed by atoms with Crippen LogP contribution >= 0.6 is 34.8 Å². The highest BCUT2D eigenvalue weighted by atomic mass is 35.5. The number of hydrogen-bond acceptors (Lipinski definition) is 10. The summed E-state index contributed by atoms with van der Waals surface area (Å²) in [6.45, 7) is 4.01. The summed E-state index contributed by atoms with van der Waals surface area (Å²) in [4.78, 5) is 25.3. The van der Waals surface area contributed by atoms with Crippen molar-refractivity contribution in [2.45, 2.75) is 13.8 Å². The summed E-state index contributed by atoms with van der Waals surface area (Å²) in [6.07, 6.45) is 6.80. The number of aryl methyl sites for hydroxylation is 2. The molecule has 0 aliphatic carbocycles. The average Bonchev–Trinajstić information content (AvgIpc) is 3.15. The monoisotopic (exact) mass is 758 g/mol. The number of pyridine rings is 2. The van der Waals surface area contributed by atoms with Crippen LogP contribution in [-0.4, -0.2) is 29.9 Å². The molecule has 53 heavy (non-hydrogen) atoms. The minimum atomic E-state index is 0.429. The molecule has 8 aromatic rings. The van der Waals surface area contributed by atoms with Gasteiger partial charge >= 0.3 is 0 Å². The van der Waals surface area contributed by atoms with Gasteiger partial charge in [0.15, 0.2) is 0 Å². The summed E-state index contributed by atoms with van der Waals surface area (Å²) in [5, 5.41) is 13.3. The van der Waals surface area contributed by atoms with E-state index in [1.807, 2.05) is 105 Å². The summed E-state index contributed by atoms with van der Waals surface area (Å²) in [7, 11) is 0. The van der Waals surface area contributed by atoms with Gasteiger partial charge in [-0.25, -0.2) is 29.9 Å². The lowest BCUT2D eigenvalue weighted by Gasteiger charge is -2.12. The lowest BCUT2D eigenvalue weighted by atomic mass is 10.1. The Hall–Kier alpha value is -6.07. The van der Waals surface area contributed by atoms with Crippen molar-refractivity contribution in [1.82, 2.24) is 29.9 Å². The van der Waals surface area contributed by atoms with Crippen LogP contribution in [0.5, 0.6) is 0 Å². The molecule has 5 N–H and O–H groups in total. The van der Waals surface area contributed by atoms with Gasteiger partial charge in [-0.3, -0.25) is 0 Å². The van der Waals surface area contributed by atoms with Crippen molar-refractivity contribution in [3.63, 3.8) is 0 Å². The zero-order valence-corrected chi connectivity index (χ0v) is 30.9. The number of hydrogen-bond donors (Lipinski definition) is 4. The molecule has 4 aromatic heterocycles. The molecule has 264 valence electrons. The predicted octanol–water partition coefficient (Wildman–Crippen LogP) is 11.1. The number of anilines is 7. The standard InChI is InChI=1S/C20H16ClN5.C11H12N4.C9H5Cl2N/c1-13-11-14(7-8-17(13)26-20-22-9-4-10-23-20)24-19-12-16(21)15-5-2-3-6-18(15)25-19;1-8-7-9(12)3-4-10(8)15-11-13-5-2-6-14-11;10-7-5-9(11)12-8-4-2-1-3-6(7)8/h2-12H,1H3,(H,24,25)(H,22,23,26);2-7H,12H2,1H3,(H,13,14,15);1-5H. The highest BCUT2D eigenvalue weighted by molar-refractivity contribution is 6.37. The lowest BCUT2D eigenvalue weighted by molar-refractivity contribution is 1.16. The number of nitrogens with zero attached hydrogens (tertiary/aromatic N) is 6. The molecular weight excluding hydrogens is 727 g/mol. The van der Waals surface area contributed by atoms with Crippen LogP contribution in [0, 0.1) is 13.8 Å². The molecule has 0 spiro atoms. The van der Waals surface area contributed by atoms with Crippen molar-refractivity contribution in [2.24, 2.45) is 0 Å². The van der Waals surface area contributed by atoms with Crippen LogP contribution in [0.15, 0.2) is 134 Å². The van der Waals surface area contributed by atoms with Crippen molar-refractivity contribution in [1.29, 1.82) is 0 Å². The number of nitrogens with one attached hydrogen (secondary N) is 3. The fourth-order valence-electron chi connectivity index (χ4n) is 5.12. The fourth-order valence-corrected chi connectivity index (χ4v) is 5.91. The second kappa shape index (κ2) is 17.4. The molecule has 0 aliphatic heterocycles. The zero-order chi connectivity index (χ0) is 37.2. The quantitative estimate of drug-likeness (QED) is 0.0956. The lowest BCUT2D eigenvalue weighted by Crippen LogP contribution is -1.99. The van der Waals surface area contributed by atoms with E-state index in [-0.39, 0.29) is 0 Å². The molecule has 0 radical (unpaired) electrons. The first kappa shape index (κ1) is 36.7. The van der Waals surface area contributed by atoms with Crippen LogP contribution in [0.1, 0.15) is 11.1 Å². The van der Waals surface area contributed by atoms with Crippen LogP contribution in [0.4, 0.5) is 40.5 Å². The number of halogens is 3. The van der Waals surface area contributed by atoms with E-state index in [4.69, 9.17) is 40.5 Å². The second-order valence-corrected chi connectivity index (χ2v) is 12.8. The van der Waals surface area contributed by atoms with Crippen molar-refractivity contribution >= 4 is 97.1 Å². The van der Waals surface area contributed by atoms with Gasteiger partial charge in [0, 0.05) is 64.4 Å². The molecule has 0 fully saturated rings. The molecule has 13 heteroatoms. The van der Waals surface area contributed by atoms with Gasteiger partial charge in [0.2, 0.25) is 11.9 Å².